The van der Waals surface area contributed by atoms with E-state index in [1.165, 1.54) is 18.1 Å². The van der Waals surface area contributed by atoms with Crippen molar-refractivity contribution in [3.63, 3.8) is 0 Å². The Bertz CT molecular complexity index is 1360. The van der Waals surface area contributed by atoms with Crippen LogP contribution in [0, 0.1) is 13.8 Å². The van der Waals surface area contributed by atoms with Crippen molar-refractivity contribution in [2.24, 2.45) is 0 Å². The van der Waals surface area contributed by atoms with E-state index >= 15 is 0 Å². The zero-order valence-corrected chi connectivity index (χ0v) is 22.5. The Kier molecular flexibility index (Phi) is 7.60. The normalized spacial score (nSPS) is 16.8. The lowest BCUT2D eigenvalue weighted by Crippen LogP contribution is -2.29. The van der Waals surface area contributed by atoms with Crippen molar-refractivity contribution in [3.05, 3.63) is 93.5 Å². The van der Waals surface area contributed by atoms with E-state index in [2.05, 4.69) is 18.7 Å². The van der Waals surface area contributed by atoms with Crippen molar-refractivity contribution in [3.8, 4) is 5.75 Å². The van der Waals surface area contributed by atoms with Crippen molar-refractivity contribution in [1.29, 1.82) is 0 Å². The van der Waals surface area contributed by atoms with E-state index in [-0.39, 0.29) is 16.9 Å². The molecular weight excluding hydrogens is 488 g/mol. The second-order valence-electron chi connectivity index (χ2n) is 9.12. The zero-order valence-electron chi connectivity index (χ0n) is 21.7. The first-order chi connectivity index (χ1) is 17.7. The summed E-state index contributed by atoms with van der Waals surface area (Å²) in [6.45, 7) is 9.77. The number of amides is 1. The molecule has 1 aliphatic rings. The summed E-state index contributed by atoms with van der Waals surface area (Å²) >= 11 is 6.22. The predicted molar refractivity (Wildman–Crippen MR) is 149 cm³/mol. The average molecular weight is 519 g/mol. The monoisotopic (exact) mass is 518 g/mol. The van der Waals surface area contributed by atoms with Crippen molar-refractivity contribution in [2.75, 3.05) is 30.0 Å². The number of ketones is 1. The van der Waals surface area contributed by atoms with E-state index in [9.17, 15) is 14.7 Å². The Morgan fingerprint density at radius 1 is 0.973 bits per heavy atom. The van der Waals surface area contributed by atoms with Gasteiger partial charge in [-0.15, -0.1) is 0 Å². The number of ether oxygens (including phenoxy) is 1. The SMILES string of the molecule is CCN(CC)c1ccc(C2/C(=C(\O)c3cc(Cl)ccc3OC)C(=O)C(=O)N2c2cc(C)cc(C)c2)cc1. The summed E-state index contributed by atoms with van der Waals surface area (Å²) in [5.74, 6) is -1.46. The van der Waals surface area contributed by atoms with E-state index in [4.69, 9.17) is 16.3 Å². The first-order valence-corrected chi connectivity index (χ1v) is 12.7. The second-order valence-corrected chi connectivity index (χ2v) is 9.56. The van der Waals surface area contributed by atoms with Crippen LogP contribution >= 0.6 is 11.6 Å². The topological polar surface area (TPSA) is 70.1 Å². The van der Waals surface area contributed by atoms with Gasteiger partial charge in [-0.2, -0.15) is 0 Å². The molecule has 3 aromatic rings. The third kappa shape index (κ3) is 4.94. The number of rotatable bonds is 7. The molecule has 1 heterocycles. The van der Waals surface area contributed by atoms with Crippen molar-refractivity contribution < 1.29 is 19.4 Å². The number of carbonyl (C=O) groups excluding carboxylic acids is 2. The van der Waals surface area contributed by atoms with Gasteiger partial charge in [0.25, 0.3) is 11.7 Å². The molecule has 0 spiro atoms. The molecule has 7 heteroatoms. The van der Waals surface area contributed by atoms with Gasteiger partial charge in [0.15, 0.2) is 0 Å². The Balaban J connectivity index is 1.96. The van der Waals surface area contributed by atoms with E-state index in [0.717, 1.165) is 29.9 Å². The number of aryl methyl sites for hydroxylation is 2. The third-order valence-electron chi connectivity index (χ3n) is 6.68. The zero-order chi connectivity index (χ0) is 26.9. The van der Waals surface area contributed by atoms with Crippen LogP contribution in [0.5, 0.6) is 5.75 Å². The molecule has 1 aliphatic heterocycles. The molecule has 0 saturated carbocycles. The minimum absolute atomic E-state index is 0.0136. The molecule has 6 nitrogen and oxygen atoms in total. The molecule has 1 N–H and O–H groups in total. The maximum Gasteiger partial charge on any atom is 0.300 e. The standard InChI is InChI=1S/C30H31ClN2O4/c1-6-32(7-2)22-11-8-20(9-12-22)27-26(28(34)24-17-21(31)10-13-25(24)37-5)29(35)30(36)33(27)23-15-18(3)14-19(4)16-23/h8-17,27,34H,6-7H2,1-5H3/b28-26+. The number of aliphatic hydroxyl groups is 1. The van der Waals surface area contributed by atoms with E-state index in [0.29, 0.717) is 22.0 Å². The molecule has 3 aromatic carbocycles. The molecule has 1 unspecified atom stereocenters. The molecular formula is C30H31ClN2O4. The highest BCUT2D eigenvalue weighted by atomic mass is 35.5. The van der Waals surface area contributed by atoms with E-state index < -0.39 is 17.7 Å². The van der Waals surface area contributed by atoms with Gasteiger partial charge in [0, 0.05) is 29.5 Å². The second kappa shape index (κ2) is 10.7. The molecule has 0 aliphatic carbocycles. The number of hydrogen-bond donors (Lipinski definition) is 1. The maximum absolute atomic E-state index is 13.5. The molecule has 0 radical (unpaired) electrons. The lowest BCUT2D eigenvalue weighted by atomic mass is 9.94. The highest BCUT2D eigenvalue weighted by Gasteiger charge is 2.47. The van der Waals surface area contributed by atoms with E-state index in [1.807, 2.05) is 56.3 Å². The number of carbonyl (C=O) groups is 2. The summed E-state index contributed by atoms with van der Waals surface area (Å²) < 4.78 is 5.43. The highest BCUT2D eigenvalue weighted by molar-refractivity contribution is 6.51. The van der Waals surface area contributed by atoms with E-state index in [1.54, 1.807) is 12.1 Å². The summed E-state index contributed by atoms with van der Waals surface area (Å²) in [5.41, 5.74) is 4.49. The third-order valence-corrected chi connectivity index (χ3v) is 6.92. The smallest absolute Gasteiger partial charge is 0.300 e. The van der Waals surface area contributed by atoms with Gasteiger partial charge in [0.2, 0.25) is 0 Å². The van der Waals surface area contributed by atoms with Gasteiger partial charge in [-0.05, 0) is 86.8 Å². The number of Topliss-reactive ketones (excluding diaryl/α,β-unsaturated/α-hetero) is 1. The van der Waals surface area contributed by atoms with Crippen LogP contribution in [-0.2, 0) is 9.59 Å². The lowest BCUT2D eigenvalue weighted by molar-refractivity contribution is -0.132. The summed E-state index contributed by atoms with van der Waals surface area (Å²) in [6.07, 6.45) is 0. The number of hydrogen-bond acceptors (Lipinski definition) is 5. The molecule has 4 rings (SSSR count). The van der Waals surface area contributed by atoms with Crippen LogP contribution in [0.2, 0.25) is 5.02 Å². The van der Waals surface area contributed by atoms with Gasteiger partial charge in [-0.25, -0.2) is 0 Å². The largest absolute Gasteiger partial charge is 0.507 e. The predicted octanol–water partition coefficient (Wildman–Crippen LogP) is 6.44. The van der Waals surface area contributed by atoms with Crippen LogP contribution in [-0.4, -0.2) is 37.0 Å². The Labute approximate surface area is 222 Å². The summed E-state index contributed by atoms with van der Waals surface area (Å²) in [6, 6.07) is 17.4. The van der Waals surface area contributed by atoms with Crippen LogP contribution in [0.25, 0.3) is 5.76 Å². The Morgan fingerprint density at radius 3 is 2.16 bits per heavy atom. The number of benzene rings is 3. The molecule has 1 atom stereocenters. The molecule has 1 amide bonds. The fourth-order valence-electron chi connectivity index (χ4n) is 4.97. The molecule has 0 aromatic heterocycles. The summed E-state index contributed by atoms with van der Waals surface area (Å²) in [4.78, 5) is 30.7. The Morgan fingerprint density at radius 2 is 1.59 bits per heavy atom. The average Bonchev–Trinajstić information content (AvgIpc) is 3.14. The lowest BCUT2D eigenvalue weighted by Gasteiger charge is -2.27. The van der Waals surface area contributed by atoms with Gasteiger partial charge >= 0.3 is 0 Å². The number of halogens is 1. The quantitative estimate of drug-likeness (QED) is 0.221. The van der Waals surface area contributed by atoms with Gasteiger partial charge in [-0.3, -0.25) is 14.5 Å². The molecule has 1 saturated heterocycles. The van der Waals surface area contributed by atoms with Crippen LogP contribution in [0.3, 0.4) is 0 Å². The van der Waals surface area contributed by atoms with Gasteiger partial charge in [0.1, 0.15) is 11.5 Å². The summed E-state index contributed by atoms with van der Waals surface area (Å²) in [7, 11) is 1.47. The first kappa shape index (κ1) is 26.3. The maximum atomic E-state index is 13.5. The van der Waals surface area contributed by atoms with Gasteiger partial charge in [0.05, 0.1) is 24.3 Å². The first-order valence-electron chi connectivity index (χ1n) is 12.3. The van der Waals surface area contributed by atoms with Crippen LogP contribution in [0.1, 0.15) is 42.1 Å². The van der Waals surface area contributed by atoms with Crippen LogP contribution < -0.4 is 14.5 Å². The van der Waals surface area contributed by atoms with Crippen molar-refractivity contribution >= 4 is 40.4 Å². The number of anilines is 2. The molecule has 37 heavy (non-hydrogen) atoms. The van der Waals surface area contributed by atoms with Crippen molar-refractivity contribution in [2.45, 2.75) is 33.7 Å². The molecule has 1 fully saturated rings. The highest BCUT2D eigenvalue weighted by Crippen LogP contribution is 2.44. The molecule has 0 bridgehead atoms. The van der Waals surface area contributed by atoms with Crippen LogP contribution in [0.15, 0.2) is 66.2 Å². The van der Waals surface area contributed by atoms with Crippen molar-refractivity contribution in [1.82, 2.24) is 0 Å². The number of methoxy groups -OCH3 is 1. The summed E-state index contributed by atoms with van der Waals surface area (Å²) in [5, 5.41) is 11.9. The fraction of sp³-hybridized carbons (Fsp3) is 0.267. The number of nitrogens with zero attached hydrogens (tertiary/aromatic N) is 2. The number of aliphatic hydroxyl groups excluding tert-OH is 1. The molecule has 192 valence electrons. The Hall–Kier alpha value is -3.77. The van der Waals surface area contributed by atoms with Crippen LogP contribution in [0.4, 0.5) is 11.4 Å². The minimum atomic E-state index is -0.837. The fourth-order valence-corrected chi connectivity index (χ4v) is 5.14. The van der Waals surface area contributed by atoms with Gasteiger partial charge < -0.3 is 14.7 Å². The van der Waals surface area contributed by atoms with Gasteiger partial charge in [-0.1, -0.05) is 29.8 Å². The minimum Gasteiger partial charge on any atom is -0.507 e.